The highest BCUT2D eigenvalue weighted by atomic mass is 19.2. The average Bonchev–Trinajstić information content (AvgIpc) is 2.53. The van der Waals surface area contributed by atoms with Gasteiger partial charge in [-0.1, -0.05) is 18.6 Å². The minimum atomic E-state index is -0.892. The molecule has 0 N–H and O–H groups in total. The van der Waals surface area contributed by atoms with Gasteiger partial charge < -0.3 is 9.64 Å². The number of amides is 1. The van der Waals surface area contributed by atoms with Crippen molar-refractivity contribution in [2.45, 2.75) is 31.8 Å². The Morgan fingerprint density at radius 1 is 1.39 bits per heavy atom. The SMILES string of the molecule is C=CCC1(C(=O)N2CCO[C@@H](c3ccc(F)c(F)c3)C2)CCC1. The molecule has 0 unspecified atom stereocenters. The van der Waals surface area contributed by atoms with E-state index in [0.717, 1.165) is 31.4 Å². The minimum Gasteiger partial charge on any atom is -0.370 e. The number of hydrogen-bond donors (Lipinski definition) is 0. The van der Waals surface area contributed by atoms with Crippen molar-refractivity contribution in [2.24, 2.45) is 5.41 Å². The molecule has 1 saturated heterocycles. The van der Waals surface area contributed by atoms with Gasteiger partial charge in [-0.05, 0) is 37.0 Å². The average molecular weight is 321 g/mol. The van der Waals surface area contributed by atoms with Gasteiger partial charge in [0.15, 0.2) is 11.6 Å². The van der Waals surface area contributed by atoms with Gasteiger partial charge in [-0.3, -0.25) is 4.79 Å². The number of carbonyl (C=O) groups is 1. The van der Waals surface area contributed by atoms with E-state index < -0.39 is 17.7 Å². The van der Waals surface area contributed by atoms with Gasteiger partial charge in [-0.25, -0.2) is 8.78 Å². The zero-order valence-corrected chi connectivity index (χ0v) is 13.1. The zero-order chi connectivity index (χ0) is 16.4. The van der Waals surface area contributed by atoms with Gasteiger partial charge >= 0.3 is 0 Å². The first-order valence-corrected chi connectivity index (χ1v) is 8.02. The Bertz CT molecular complexity index is 613. The third-order valence-corrected chi connectivity index (χ3v) is 4.97. The van der Waals surface area contributed by atoms with Crippen molar-refractivity contribution < 1.29 is 18.3 Å². The summed E-state index contributed by atoms with van der Waals surface area (Å²) in [5, 5.41) is 0. The Kier molecular flexibility index (Phi) is 4.48. The second-order valence-corrected chi connectivity index (χ2v) is 6.41. The molecule has 0 spiro atoms. The van der Waals surface area contributed by atoms with Gasteiger partial charge in [0.05, 0.1) is 18.6 Å². The lowest BCUT2D eigenvalue weighted by Gasteiger charge is -2.45. The summed E-state index contributed by atoms with van der Waals surface area (Å²) in [6.45, 7) is 5.08. The van der Waals surface area contributed by atoms with Crippen molar-refractivity contribution in [3.05, 3.63) is 48.1 Å². The molecule has 0 aromatic heterocycles. The highest BCUT2D eigenvalue weighted by Gasteiger charge is 2.46. The summed E-state index contributed by atoms with van der Waals surface area (Å²) in [5.41, 5.74) is 0.255. The molecular weight excluding hydrogens is 300 g/mol. The second kappa shape index (κ2) is 6.40. The summed E-state index contributed by atoms with van der Waals surface area (Å²) in [7, 11) is 0. The molecule has 1 heterocycles. The van der Waals surface area contributed by atoms with E-state index in [4.69, 9.17) is 4.74 Å². The Hall–Kier alpha value is -1.75. The lowest BCUT2D eigenvalue weighted by molar-refractivity contribution is -0.155. The van der Waals surface area contributed by atoms with E-state index >= 15 is 0 Å². The third-order valence-electron chi connectivity index (χ3n) is 4.97. The van der Waals surface area contributed by atoms with E-state index in [1.807, 2.05) is 6.08 Å². The molecule has 1 aliphatic heterocycles. The molecule has 1 aromatic carbocycles. The van der Waals surface area contributed by atoms with Crippen LogP contribution in [0, 0.1) is 17.0 Å². The number of ether oxygens (including phenoxy) is 1. The fourth-order valence-corrected chi connectivity index (χ4v) is 3.47. The Labute approximate surface area is 134 Å². The van der Waals surface area contributed by atoms with E-state index in [1.54, 1.807) is 4.90 Å². The lowest BCUT2D eigenvalue weighted by Crippen LogP contribution is -2.51. The molecule has 0 radical (unpaired) electrons. The Balaban J connectivity index is 1.74. The van der Waals surface area contributed by atoms with Crippen LogP contribution in [0.2, 0.25) is 0 Å². The standard InChI is InChI=1S/C18H21F2NO2/c1-2-6-18(7-3-8-18)17(22)21-9-10-23-16(12-21)13-4-5-14(19)15(20)11-13/h2,4-5,11,16H,1,3,6-10,12H2/t16-/m1/s1. The molecule has 3 nitrogen and oxygen atoms in total. The summed E-state index contributed by atoms with van der Waals surface area (Å²) in [5.74, 6) is -1.63. The van der Waals surface area contributed by atoms with E-state index in [-0.39, 0.29) is 11.3 Å². The molecule has 0 bridgehead atoms. The molecule has 2 fully saturated rings. The highest BCUT2D eigenvalue weighted by Crippen LogP contribution is 2.46. The smallest absolute Gasteiger partial charge is 0.229 e. The zero-order valence-electron chi connectivity index (χ0n) is 13.1. The number of benzene rings is 1. The number of hydrogen-bond acceptors (Lipinski definition) is 2. The molecule has 23 heavy (non-hydrogen) atoms. The number of nitrogens with zero attached hydrogens (tertiary/aromatic N) is 1. The van der Waals surface area contributed by atoms with Gasteiger partial charge in [0.1, 0.15) is 6.10 Å². The van der Waals surface area contributed by atoms with Crippen LogP contribution in [-0.2, 0) is 9.53 Å². The van der Waals surface area contributed by atoms with Crippen molar-refractivity contribution >= 4 is 5.91 Å². The highest BCUT2D eigenvalue weighted by molar-refractivity contribution is 5.84. The van der Waals surface area contributed by atoms with Crippen LogP contribution < -0.4 is 0 Å². The molecule has 5 heteroatoms. The normalized spacial score (nSPS) is 23.2. The second-order valence-electron chi connectivity index (χ2n) is 6.41. The van der Waals surface area contributed by atoms with Crippen LogP contribution in [-0.4, -0.2) is 30.5 Å². The predicted molar refractivity (Wildman–Crippen MR) is 82.7 cm³/mol. The van der Waals surface area contributed by atoms with Crippen LogP contribution in [0.25, 0.3) is 0 Å². The fourth-order valence-electron chi connectivity index (χ4n) is 3.47. The Morgan fingerprint density at radius 2 is 2.17 bits per heavy atom. The van der Waals surface area contributed by atoms with E-state index in [1.165, 1.54) is 6.07 Å². The van der Waals surface area contributed by atoms with Crippen LogP contribution in [0.3, 0.4) is 0 Å². The summed E-state index contributed by atoms with van der Waals surface area (Å²) in [6.07, 6.45) is 4.94. The molecule has 1 aromatic rings. The van der Waals surface area contributed by atoms with E-state index in [2.05, 4.69) is 6.58 Å². The maximum Gasteiger partial charge on any atom is 0.229 e. The number of rotatable bonds is 4. The fraction of sp³-hybridized carbons (Fsp3) is 0.500. The summed E-state index contributed by atoms with van der Waals surface area (Å²) >= 11 is 0. The first kappa shape index (κ1) is 16.1. The summed E-state index contributed by atoms with van der Waals surface area (Å²) < 4.78 is 32.2. The summed E-state index contributed by atoms with van der Waals surface area (Å²) in [4.78, 5) is 14.7. The van der Waals surface area contributed by atoms with E-state index in [9.17, 15) is 13.6 Å². The third kappa shape index (κ3) is 3.02. The maximum absolute atomic E-state index is 13.4. The predicted octanol–water partition coefficient (Wildman–Crippen LogP) is 3.61. The molecule has 124 valence electrons. The number of carbonyl (C=O) groups excluding carboxylic acids is 1. The first-order chi connectivity index (χ1) is 11.1. The largest absolute Gasteiger partial charge is 0.370 e. The van der Waals surface area contributed by atoms with Gasteiger partial charge in [0.25, 0.3) is 0 Å². The molecule has 2 aliphatic rings. The van der Waals surface area contributed by atoms with Gasteiger partial charge in [-0.15, -0.1) is 6.58 Å². The van der Waals surface area contributed by atoms with Crippen molar-refractivity contribution in [1.29, 1.82) is 0 Å². The number of allylic oxidation sites excluding steroid dienone is 1. The molecule has 1 aliphatic carbocycles. The monoisotopic (exact) mass is 321 g/mol. The Morgan fingerprint density at radius 3 is 2.78 bits per heavy atom. The van der Waals surface area contributed by atoms with Crippen molar-refractivity contribution in [3.8, 4) is 0 Å². The van der Waals surface area contributed by atoms with Crippen LogP contribution in [0.15, 0.2) is 30.9 Å². The molecular formula is C18H21F2NO2. The molecule has 3 rings (SSSR count). The van der Waals surface area contributed by atoms with Crippen LogP contribution >= 0.6 is 0 Å². The van der Waals surface area contributed by atoms with Crippen molar-refractivity contribution in [1.82, 2.24) is 4.90 Å². The van der Waals surface area contributed by atoms with Crippen molar-refractivity contribution in [2.75, 3.05) is 19.7 Å². The molecule has 1 amide bonds. The van der Waals surface area contributed by atoms with Crippen LogP contribution in [0.4, 0.5) is 8.78 Å². The van der Waals surface area contributed by atoms with Crippen molar-refractivity contribution in [3.63, 3.8) is 0 Å². The van der Waals surface area contributed by atoms with E-state index in [0.29, 0.717) is 31.7 Å². The maximum atomic E-state index is 13.4. The quantitative estimate of drug-likeness (QED) is 0.793. The molecule has 1 saturated carbocycles. The number of morpholine rings is 1. The minimum absolute atomic E-state index is 0.138. The summed E-state index contributed by atoms with van der Waals surface area (Å²) in [6, 6.07) is 3.76. The van der Waals surface area contributed by atoms with Crippen LogP contribution in [0.5, 0.6) is 0 Å². The van der Waals surface area contributed by atoms with Gasteiger partial charge in [0, 0.05) is 6.54 Å². The topological polar surface area (TPSA) is 29.5 Å². The number of halogens is 2. The van der Waals surface area contributed by atoms with Gasteiger partial charge in [0.2, 0.25) is 5.91 Å². The lowest BCUT2D eigenvalue weighted by atomic mass is 9.65. The van der Waals surface area contributed by atoms with Crippen LogP contribution in [0.1, 0.15) is 37.4 Å². The first-order valence-electron chi connectivity index (χ1n) is 8.02. The molecule has 1 atom stereocenters. The van der Waals surface area contributed by atoms with Gasteiger partial charge in [-0.2, -0.15) is 0 Å².